The van der Waals surface area contributed by atoms with Crippen molar-refractivity contribution >= 4 is 17.5 Å². The quantitative estimate of drug-likeness (QED) is 0.870. The van der Waals surface area contributed by atoms with E-state index in [1.54, 1.807) is 11.9 Å². The summed E-state index contributed by atoms with van der Waals surface area (Å²) < 4.78 is 5.38. The summed E-state index contributed by atoms with van der Waals surface area (Å²) in [5.41, 5.74) is 2.01. The Morgan fingerprint density at radius 2 is 1.79 bits per heavy atom. The molecule has 0 bridgehead atoms. The van der Waals surface area contributed by atoms with E-state index in [9.17, 15) is 9.59 Å². The smallest absolute Gasteiger partial charge is 0.238 e. The number of rotatable bonds is 5. The normalized spacial score (nSPS) is 22.2. The Labute approximate surface area is 165 Å². The van der Waals surface area contributed by atoms with Gasteiger partial charge in [-0.15, -0.1) is 0 Å². The number of nitrogens with zero attached hydrogens (tertiary/aromatic N) is 1. The van der Waals surface area contributed by atoms with E-state index in [4.69, 9.17) is 4.74 Å². The second-order valence-corrected chi connectivity index (χ2v) is 7.76. The molecule has 1 saturated heterocycles. The van der Waals surface area contributed by atoms with Gasteiger partial charge in [-0.3, -0.25) is 9.59 Å². The molecule has 2 heterocycles. The van der Waals surface area contributed by atoms with Gasteiger partial charge in [-0.05, 0) is 36.5 Å². The summed E-state index contributed by atoms with van der Waals surface area (Å²) in [6.07, 6.45) is 2.30. The molecule has 0 spiro atoms. The van der Waals surface area contributed by atoms with E-state index in [2.05, 4.69) is 5.32 Å². The Morgan fingerprint density at radius 3 is 2.54 bits per heavy atom. The number of benzene rings is 2. The summed E-state index contributed by atoms with van der Waals surface area (Å²) in [5.74, 6) is -0.0824. The lowest BCUT2D eigenvalue weighted by molar-refractivity contribution is -0.130. The predicted molar refractivity (Wildman–Crippen MR) is 108 cm³/mol. The fourth-order valence-corrected chi connectivity index (χ4v) is 4.46. The molecule has 5 nitrogen and oxygen atoms in total. The molecule has 2 aromatic carbocycles. The Balaban J connectivity index is 1.66. The molecule has 0 radical (unpaired) electrons. The summed E-state index contributed by atoms with van der Waals surface area (Å²) >= 11 is 0. The lowest BCUT2D eigenvalue weighted by atomic mass is 9.73. The first-order valence-corrected chi connectivity index (χ1v) is 9.89. The maximum absolute atomic E-state index is 13.4. The molecule has 2 aliphatic heterocycles. The van der Waals surface area contributed by atoms with Crippen molar-refractivity contribution in [2.24, 2.45) is 0 Å². The molecule has 0 unspecified atom stereocenters. The van der Waals surface area contributed by atoms with Gasteiger partial charge in [0.05, 0.1) is 5.41 Å². The molecule has 2 aromatic rings. The number of hydrogen-bond donors (Lipinski definition) is 1. The third-order valence-electron chi connectivity index (χ3n) is 5.89. The largest absolute Gasteiger partial charge is 0.381 e. The molecule has 0 aliphatic carbocycles. The van der Waals surface area contributed by atoms with E-state index >= 15 is 0 Å². The molecule has 0 aromatic heterocycles. The maximum Gasteiger partial charge on any atom is 0.238 e. The lowest BCUT2D eigenvalue weighted by Gasteiger charge is -2.30. The van der Waals surface area contributed by atoms with Crippen molar-refractivity contribution in [2.75, 3.05) is 25.2 Å². The number of para-hydroxylation sites is 1. The number of carbonyl (C=O) groups excluding carboxylic acids is 2. The van der Waals surface area contributed by atoms with E-state index in [1.165, 1.54) is 0 Å². The zero-order valence-electron chi connectivity index (χ0n) is 16.2. The summed E-state index contributed by atoms with van der Waals surface area (Å²) in [5, 5.41) is 3.13. The predicted octanol–water partition coefficient (Wildman–Crippen LogP) is 2.83. The van der Waals surface area contributed by atoms with Gasteiger partial charge in [0.1, 0.15) is 0 Å². The highest BCUT2D eigenvalue weighted by Gasteiger charge is 2.50. The molecule has 1 atom stereocenters. The summed E-state index contributed by atoms with van der Waals surface area (Å²) in [6, 6.07) is 17.9. The van der Waals surface area contributed by atoms with Crippen LogP contribution < -0.4 is 10.2 Å². The van der Waals surface area contributed by atoms with Crippen molar-refractivity contribution in [3.05, 3.63) is 65.7 Å². The molecule has 1 fully saturated rings. The minimum atomic E-state index is -0.873. The second-order valence-electron chi connectivity index (χ2n) is 7.76. The number of nitrogens with one attached hydrogen (secondary N) is 1. The average Bonchev–Trinajstić information content (AvgIpc) is 2.92. The van der Waals surface area contributed by atoms with Crippen LogP contribution in [-0.4, -0.2) is 38.1 Å². The van der Waals surface area contributed by atoms with Crippen LogP contribution in [0.3, 0.4) is 0 Å². The number of carbonyl (C=O) groups is 2. The van der Waals surface area contributed by atoms with Crippen molar-refractivity contribution in [1.29, 1.82) is 0 Å². The first-order valence-electron chi connectivity index (χ1n) is 9.89. The Bertz CT molecular complexity index is 861. The van der Waals surface area contributed by atoms with Gasteiger partial charge in [0.2, 0.25) is 11.8 Å². The third-order valence-corrected chi connectivity index (χ3v) is 5.89. The SMILES string of the molecule is CN1C(=O)[C@](CC(=O)NC2CCOCC2)(Cc2ccccc2)c2ccccc21. The first kappa shape index (κ1) is 18.7. The highest BCUT2D eigenvalue weighted by atomic mass is 16.5. The molecule has 1 N–H and O–H groups in total. The van der Waals surface area contributed by atoms with Crippen molar-refractivity contribution < 1.29 is 14.3 Å². The van der Waals surface area contributed by atoms with Gasteiger partial charge in [0.25, 0.3) is 0 Å². The summed E-state index contributed by atoms with van der Waals surface area (Å²) in [6.45, 7) is 1.34. The second kappa shape index (κ2) is 7.76. The Hall–Kier alpha value is -2.66. The highest BCUT2D eigenvalue weighted by molar-refractivity contribution is 6.09. The Morgan fingerprint density at radius 1 is 1.11 bits per heavy atom. The number of anilines is 1. The minimum Gasteiger partial charge on any atom is -0.381 e. The van der Waals surface area contributed by atoms with Crippen molar-refractivity contribution in [3.8, 4) is 0 Å². The minimum absolute atomic E-state index is 0.0142. The van der Waals surface area contributed by atoms with Crippen LogP contribution >= 0.6 is 0 Å². The Kier molecular flexibility index (Phi) is 5.18. The van der Waals surface area contributed by atoms with Gasteiger partial charge < -0.3 is 15.0 Å². The molecule has 28 heavy (non-hydrogen) atoms. The van der Waals surface area contributed by atoms with Gasteiger partial charge in [-0.2, -0.15) is 0 Å². The van der Waals surface area contributed by atoms with Crippen LogP contribution in [0.15, 0.2) is 54.6 Å². The summed E-state index contributed by atoms with van der Waals surface area (Å²) in [7, 11) is 1.80. The van der Waals surface area contributed by atoms with Crippen molar-refractivity contribution in [3.63, 3.8) is 0 Å². The van der Waals surface area contributed by atoms with Crippen LogP contribution in [0, 0.1) is 0 Å². The topological polar surface area (TPSA) is 58.6 Å². The fourth-order valence-electron chi connectivity index (χ4n) is 4.46. The molecular formula is C23H26N2O3. The van der Waals surface area contributed by atoms with E-state index in [0.717, 1.165) is 29.7 Å². The van der Waals surface area contributed by atoms with E-state index in [0.29, 0.717) is 19.6 Å². The monoisotopic (exact) mass is 378 g/mol. The van der Waals surface area contributed by atoms with Crippen LogP contribution in [0.2, 0.25) is 0 Å². The van der Waals surface area contributed by atoms with Crippen molar-refractivity contribution in [1.82, 2.24) is 5.32 Å². The summed E-state index contributed by atoms with van der Waals surface area (Å²) in [4.78, 5) is 28.1. The highest BCUT2D eigenvalue weighted by Crippen LogP contribution is 2.45. The first-order chi connectivity index (χ1) is 13.6. The number of likely N-dealkylation sites (N-methyl/N-ethyl adjacent to an activating group) is 1. The molecular weight excluding hydrogens is 352 g/mol. The standard InChI is InChI=1S/C23H26N2O3/c1-25-20-10-6-5-9-19(20)23(22(25)27,15-17-7-3-2-4-8-17)16-21(26)24-18-11-13-28-14-12-18/h2-10,18H,11-16H2,1H3,(H,24,26)/t23-/m0/s1. The van der Waals surface area contributed by atoms with E-state index in [1.807, 2.05) is 54.6 Å². The number of ether oxygens (including phenoxy) is 1. The maximum atomic E-state index is 13.4. The van der Waals surface area contributed by atoms with Gasteiger partial charge in [0, 0.05) is 38.4 Å². The molecule has 146 valence electrons. The molecule has 4 rings (SSSR count). The van der Waals surface area contributed by atoms with Gasteiger partial charge >= 0.3 is 0 Å². The van der Waals surface area contributed by atoms with Crippen molar-refractivity contribution in [2.45, 2.75) is 37.1 Å². The number of fused-ring (bicyclic) bond motifs is 1. The number of amides is 2. The van der Waals surface area contributed by atoms with Gasteiger partial charge in [-0.25, -0.2) is 0 Å². The molecule has 2 aliphatic rings. The molecule has 0 saturated carbocycles. The fraction of sp³-hybridized carbons (Fsp3) is 0.391. The van der Waals surface area contributed by atoms with Crippen LogP contribution in [-0.2, 0) is 26.2 Å². The van der Waals surface area contributed by atoms with Gasteiger partial charge in [-0.1, -0.05) is 48.5 Å². The van der Waals surface area contributed by atoms with Crippen LogP contribution in [0.1, 0.15) is 30.4 Å². The lowest BCUT2D eigenvalue weighted by Crippen LogP contribution is -2.47. The van der Waals surface area contributed by atoms with E-state index < -0.39 is 5.41 Å². The van der Waals surface area contributed by atoms with Crippen LogP contribution in [0.4, 0.5) is 5.69 Å². The third kappa shape index (κ3) is 3.42. The zero-order chi connectivity index (χ0) is 19.6. The molecule has 5 heteroatoms. The number of hydrogen-bond acceptors (Lipinski definition) is 3. The average molecular weight is 378 g/mol. The van der Waals surface area contributed by atoms with E-state index in [-0.39, 0.29) is 24.3 Å². The zero-order valence-corrected chi connectivity index (χ0v) is 16.2. The van der Waals surface area contributed by atoms with Gasteiger partial charge in [0.15, 0.2) is 0 Å². The van der Waals surface area contributed by atoms with Crippen LogP contribution in [0.25, 0.3) is 0 Å². The van der Waals surface area contributed by atoms with Crippen LogP contribution in [0.5, 0.6) is 0 Å². The molecule has 2 amide bonds.